The van der Waals surface area contributed by atoms with E-state index in [0.717, 1.165) is 12.3 Å². The maximum absolute atomic E-state index is 13.7. The third-order valence-electron chi connectivity index (χ3n) is 3.65. The number of halogens is 8. The van der Waals surface area contributed by atoms with Crippen molar-refractivity contribution in [3.8, 4) is 0 Å². The second kappa shape index (κ2) is 8.39. The van der Waals surface area contributed by atoms with Gasteiger partial charge in [0.25, 0.3) is 0 Å². The molecule has 0 amide bonds. The highest BCUT2D eigenvalue weighted by atomic mass is 35.5. The molecule has 28 heavy (non-hydrogen) atoms. The zero-order valence-electron chi connectivity index (χ0n) is 13.7. The van der Waals surface area contributed by atoms with E-state index in [1.54, 1.807) is 0 Å². The molecule has 1 heterocycles. The Morgan fingerprint density at radius 1 is 1.11 bits per heavy atom. The van der Waals surface area contributed by atoms with Gasteiger partial charge in [-0.1, -0.05) is 16.8 Å². The standard InChI is InChI=1S/C16H11ClF7N3O/c17-10-1-2-12(25-6-10)14(26-7-13(27-28)16(22,23)24)8-3-9(15(19,20)21)5-11(18)4-8/h1-6,13-14,26H,7H2/t13-,14+/m1/s1. The van der Waals surface area contributed by atoms with Crippen molar-refractivity contribution in [1.29, 1.82) is 0 Å². The molecule has 0 unspecified atom stereocenters. The molecule has 1 aromatic heterocycles. The molecule has 152 valence electrons. The van der Waals surface area contributed by atoms with Gasteiger partial charge in [-0.3, -0.25) is 4.98 Å². The van der Waals surface area contributed by atoms with Gasteiger partial charge in [0, 0.05) is 12.7 Å². The summed E-state index contributed by atoms with van der Waals surface area (Å²) in [6, 6.07) is 0.0605. The van der Waals surface area contributed by atoms with Crippen LogP contribution in [0.3, 0.4) is 0 Å². The van der Waals surface area contributed by atoms with Gasteiger partial charge in [0.15, 0.2) is 6.04 Å². The molecule has 0 saturated carbocycles. The number of nitrogens with one attached hydrogen (secondary N) is 1. The van der Waals surface area contributed by atoms with E-state index in [0.29, 0.717) is 6.07 Å². The number of hydrogen-bond donors (Lipinski definition) is 1. The van der Waals surface area contributed by atoms with Crippen molar-refractivity contribution < 1.29 is 30.7 Å². The Bertz CT molecular complexity index is 824. The second-order valence-corrected chi connectivity index (χ2v) is 6.11. The Kier molecular flexibility index (Phi) is 6.60. The number of alkyl halides is 6. The first-order valence-electron chi connectivity index (χ1n) is 7.53. The first-order chi connectivity index (χ1) is 12.9. The lowest BCUT2D eigenvalue weighted by Crippen LogP contribution is -2.39. The minimum atomic E-state index is -4.97. The third kappa shape index (κ3) is 5.61. The van der Waals surface area contributed by atoms with Crippen molar-refractivity contribution >= 4 is 11.6 Å². The van der Waals surface area contributed by atoms with Crippen LogP contribution in [0.5, 0.6) is 0 Å². The zero-order valence-corrected chi connectivity index (χ0v) is 14.4. The van der Waals surface area contributed by atoms with E-state index in [-0.39, 0.29) is 22.3 Å². The van der Waals surface area contributed by atoms with E-state index < -0.39 is 42.4 Å². The molecule has 1 N–H and O–H groups in total. The summed E-state index contributed by atoms with van der Waals surface area (Å²) in [5.74, 6) is -1.24. The summed E-state index contributed by atoms with van der Waals surface area (Å²) < 4.78 is 90.8. The molecule has 0 aliphatic heterocycles. The van der Waals surface area contributed by atoms with Crippen LogP contribution in [-0.2, 0) is 6.18 Å². The minimum Gasteiger partial charge on any atom is -0.302 e. The highest BCUT2D eigenvalue weighted by molar-refractivity contribution is 6.30. The number of nitroso groups, excluding NO2 is 1. The predicted molar refractivity (Wildman–Crippen MR) is 86.1 cm³/mol. The van der Waals surface area contributed by atoms with E-state index in [9.17, 15) is 35.6 Å². The molecule has 0 radical (unpaired) electrons. The Morgan fingerprint density at radius 3 is 2.29 bits per heavy atom. The highest BCUT2D eigenvalue weighted by Gasteiger charge is 2.41. The van der Waals surface area contributed by atoms with Crippen LogP contribution >= 0.6 is 11.6 Å². The van der Waals surface area contributed by atoms with Gasteiger partial charge in [-0.25, -0.2) is 4.39 Å². The van der Waals surface area contributed by atoms with Gasteiger partial charge in [0.1, 0.15) is 5.82 Å². The van der Waals surface area contributed by atoms with Crippen molar-refractivity contribution in [2.75, 3.05) is 6.54 Å². The van der Waals surface area contributed by atoms with E-state index in [4.69, 9.17) is 11.6 Å². The summed E-state index contributed by atoms with van der Waals surface area (Å²) in [4.78, 5) is 14.3. The van der Waals surface area contributed by atoms with Gasteiger partial charge in [-0.2, -0.15) is 31.2 Å². The van der Waals surface area contributed by atoms with Crippen LogP contribution in [0.4, 0.5) is 30.7 Å². The zero-order chi connectivity index (χ0) is 21.1. The molecule has 2 atom stereocenters. The van der Waals surface area contributed by atoms with Crippen LogP contribution in [0, 0.1) is 10.7 Å². The number of aromatic nitrogens is 1. The largest absolute Gasteiger partial charge is 0.416 e. The maximum atomic E-state index is 13.7. The number of nitrogens with zero attached hydrogens (tertiary/aromatic N) is 2. The molecule has 0 aliphatic carbocycles. The molecular weight excluding hydrogens is 419 g/mol. The topological polar surface area (TPSA) is 54.4 Å². The lowest BCUT2D eigenvalue weighted by atomic mass is 9.99. The van der Waals surface area contributed by atoms with Gasteiger partial charge in [-0.05, 0) is 35.9 Å². The van der Waals surface area contributed by atoms with E-state index in [1.807, 2.05) is 5.18 Å². The van der Waals surface area contributed by atoms with Crippen LogP contribution < -0.4 is 5.32 Å². The lowest BCUT2D eigenvalue weighted by Gasteiger charge is -2.22. The second-order valence-electron chi connectivity index (χ2n) is 5.68. The van der Waals surface area contributed by atoms with Gasteiger partial charge >= 0.3 is 12.4 Å². The first kappa shape index (κ1) is 22.0. The van der Waals surface area contributed by atoms with Crippen LogP contribution in [0.25, 0.3) is 0 Å². The maximum Gasteiger partial charge on any atom is 0.416 e. The molecule has 1 aromatic carbocycles. The van der Waals surface area contributed by atoms with Crippen molar-refractivity contribution in [1.82, 2.24) is 10.3 Å². The first-order valence-corrected chi connectivity index (χ1v) is 7.91. The van der Waals surface area contributed by atoms with E-state index in [1.165, 1.54) is 12.1 Å². The number of hydrogen-bond acceptors (Lipinski definition) is 4. The Hall–Kier alpha value is -2.27. The summed E-state index contributed by atoms with van der Waals surface area (Å²) >= 11 is 5.69. The molecule has 0 fully saturated rings. The molecule has 0 saturated heterocycles. The van der Waals surface area contributed by atoms with Gasteiger partial charge in [0.05, 0.1) is 22.3 Å². The van der Waals surface area contributed by atoms with Crippen LogP contribution in [0.15, 0.2) is 41.7 Å². The molecule has 0 spiro atoms. The molecule has 0 bridgehead atoms. The van der Waals surface area contributed by atoms with Crippen molar-refractivity contribution in [3.05, 3.63) is 69.1 Å². The Balaban J connectivity index is 2.46. The summed E-state index contributed by atoms with van der Waals surface area (Å²) in [7, 11) is 0. The fourth-order valence-electron chi connectivity index (χ4n) is 2.34. The fourth-order valence-corrected chi connectivity index (χ4v) is 2.45. The average Bonchev–Trinajstić information content (AvgIpc) is 2.57. The average molecular weight is 430 g/mol. The summed E-state index contributed by atoms with van der Waals surface area (Å²) in [5, 5.41) is 4.42. The highest BCUT2D eigenvalue weighted by Crippen LogP contribution is 2.33. The van der Waals surface area contributed by atoms with Crippen LogP contribution in [0.1, 0.15) is 22.9 Å². The minimum absolute atomic E-state index is 0.0325. The third-order valence-corrected chi connectivity index (χ3v) is 3.87. The number of benzene rings is 1. The molecular formula is C16H11ClF7N3O. The van der Waals surface area contributed by atoms with Crippen molar-refractivity contribution in [2.24, 2.45) is 5.18 Å². The number of pyridine rings is 1. The Morgan fingerprint density at radius 2 is 1.79 bits per heavy atom. The quantitative estimate of drug-likeness (QED) is 0.503. The van der Waals surface area contributed by atoms with E-state index >= 15 is 0 Å². The van der Waals surface area contributed by atoms with Gasteiger partial charge in [0.2, 0.25) is 0 Å². The molecule has 2 aromatic rings. The van der Waals surface area contributed by atoms with Crippen LogP contribution in [-0.4, -0.2) is 23.7 Å². The normalized spacial score (nSPS) is 14.6. The molecule has 0 aliphatic rings. The van der Waals surface area contributed by atoms with Crippen molar-refractivity contribution in [3.63, 3.8) is 0 Å². The fraction of sp³-hybridized carbons (Fsp3) is 0.312. The van der Waals surface area contributed by atoms with Crippen LogP contribution in [0.2, 0.25) is 5.02 Å². The monoisotopic (exact) mass is 429 g/mol. The van der Waals surface area contributed by atoms with E-state index in [2.05, 4.69) is 10.3 Å². The summed E-state index contributed by atoms with van der Waals surface area (Å²) in [5.41, 5.74) is -1.70. The Labute approximate surface area is 158 Å². The van der Waals surface area contributed by atoms with Gasteiger partial charge < -0.3 is 5.32 Å². The van der Waals surface area contributed by atoms with Gasteiger partial charge in [-0.15, -0.1) is 0 Å². The molecule has 4 nitrogen and oxygen atoms in total. The molecule has 2 rings (SSSR count). The smallest absolute Gasteiger partial charge is 0.302 e. The lowest BCUT2D eigenvalue weighted by molar-refractivity contribution is -0.146. The van der Waals surface area contributed by atoms with Crippen molar-refractivity contribution in [2.45, 2.75) is 24.4 Å². The number of rotatable bonds is 6. The predicted octanol–water partition coefficient (Wildman–Crippen LogP) is 5.27. The summed E-state index contributed by atoms with van der Waals surface area (Å²) in [6.07, 6.45) is -8.73. The molecule has 12 heteroatoms. The SMILES string of the molecule is O=N[C@H](CN[C@@H](c1cc(F)cc(C(F)(F)F)c1)c1ccc(Cl)cn1)C(F)(F)F. The summed E-state index contributed by atoms with van der Waals surface area (Å²) in [6.45, 7) is -1.06.